The summed E-state index contributed by atoms with van der Waals surface area (Å²) in [4.78, 5) is 0. The lowest BCUT2D eigenvalue weighted by molar-refractivity contribution is 0.397. The first-order valence-corrected chi connectivity index (χ1v) is 36.7. The van der Waals surface area contributed by atoms with E-state index in [1.165, 1.54) is 304 Å². The maximum atomic E-state index is 5.06. The van der Waals surface area contributed by atoms with Crippen molar-refractivity contribution in [3.05, 3.63) is 168 Å². The molecule has 1 heterocycles. The molecule has 0 radical (unpaired) electrons. The standard InChI is InChI=1S/C84H108N2S/c1-5-9-13-17-21-25-29-39-57-83(58-40-30-26-22-18-14-10-6-2)77-61-67(65-43-35-33-36-44-65)47-51-73(77)74-52-48-68(62-78(74)83)69-49-53-75-76-54-50-70(72-56-55-71(66-45-37-34-38-46-66)81-82(72)86-87-85-81)64-80(76)84(79(75)63-69,59-41-31-27-23-19-15-11-7-3)60-42-32-28-24-20-16-12-8-4/h33-38,43-56,61-64H,5-32,39-42,57-60H2,1-4H3. The smallest absolute Gasteiger partial charge is 0.113 e. The fourth-order valence-corrected chi connectivity index (χ4v) is 16.4. The maximum Gasteiger partial charge on any atom is 0.113 e. The Morgan fingerprint density at radius 3 is 0.828 bits per heavy atom. The van der Waals surface area contributed by atoms with Gasteiger partial charge in [-0.2, -0.15) is 8.75 Å². The van der Waals surface area contributed by atoms with E-state index in [1.54, 1.807) is 22.3 Å². The Kier molecular flexibility index (Phi) is 24.6. The van der Waals surface area contributed by atoms with Crippen LogP contribution < -0.4 is 0 Å². The quantitative estimate of drug-likeness (QED) is 0.0358. The average molecular weight is 1180 g/mol. The summed E-state index contributed by atoms with van der Waals surface area (Å²) < 4.78 is 10.0. The summed E-state index contributed by atoms with van der Waals surface area (Å²) in [6, 6.07) is 57.4. The Hall–Kier alpha value is -5.64. The fraction of sp³-hybridized carbons (Fsp3) is 0.500. The maximum absolute atomic E-state index is 5.06. The van der Waals surface area contributed by atoms with Crippen LogP contribution >= 0.6 is 11.7 Å². The molecule has 0 unspecified atom stereocenters. The number of rotatable bonds is 40. The SMILES string of the molecule is CCCCCCCCCCC1(CCCCCCCCCC)c2cc(-c3ccccc3)ccc2-c2ccc(-c3ccc4c(c3)C(CCCCCCCCCC)(CCCCCCCCCC)c3cc(-c5ccc(-c6ccccc6)c6nsnc56)ccc3-4)cc21. The van der Waals surface area contributed by atoms with Gasteiger partial charge in [-0.15, -0.1) is 0 Å². The summed E-state index contributed by atoms with van der Waals surface area (Å²) in [5.74, 6) is 0. The predicted octanol–water partition coefficient (Wildman–Crippen LogP) is 27.0. The van der Waals surface area contributed by atoms with Crippen molar-refractivity contribution in [3.63, 3.8) is 0 Å². The molecule has 8 aromatic rings. The summed E-state index contributed by atoms with van der Waals surface area (Å²) >= 11 is 1.35. The van der Waals surface area contributed by atoms with E-state index in [-0.39, 0.29) is 10.8 Å². The number of benzene rings is 7. The Balaban J connectivity index is 1.05. The van der Waals surface area contributed by atoms with Gasteiger partial charge in [-0.1, -0.05) is 354 Å². The van der Waals surface area contributed by atoms with E-state index >= 15 is 0 Å². The van der Waals surface area contributed by atoms with E-state index in [9.17, 15) is 0 Å². The van der Waals surface area contributed by atoms with Gasteiger partial charge in [0.1, 0.15) is 11.0 Å². The van der Waals surface area contributed by atoms with E-state index in [4.69, 9.17) is 8.75 Å². The molecule has 0 aliphatic heterocycles. The van der Waals surface area contributed by atoms with E-state index in [1.807, 2.05) is 0 Å². The highest BCUT2D eigenvalue weighted by Crippen LogP contribution is 2.58. The largest absolute Gasteiger partial charge is 0.172 e. The second-order valence-electron chi connectivity index (χ2n) is 27.0. The Morgan fingerprint density at radius 2 is 0.494 bits per heavy atom. The second kappa shape index (κ2) is 33.3. The number of fused-ring (bicyclic) bond motifs is 7. The van der Waals surface area contributed by atoms with Crippen LogP contribution in [-0.4, -0.2) is 8.75 Å². The van der Waals surface area contributed by atoms with Crippen LogP contribution in [0.15, 0.2) is 146 Å². The Labute approximate surface area is 532 Å². The Morgan fingerprint density at radius 1 is 0.241 bits per heavy atom. The van der Waals surface area contributed by atoms with Crippen LogP contribution in [0.3, 0.4) is 0 Å². The summed E-state index contributed by atoms with van der Waals surface area (Å²) in [6.45, 7) is 9.36. The van der Waals surface area contributed by atoms with Crippen LogP contribution in [-0.2, 0) is 10.8 Å². The van der Waals surface area contributed by atoms with Crippen molar-refractivity contribution in [2.75, 3.05) is 0 Å². The van der Waals surface area contributed by atoms with Crippen LogP contribution in [0.25, 0.3) is 77.8 Å². The molecule has 0 spiro atoms. The third-order valence-corrected chi connectivity index (χ3v) is 21.3. The van der Waals surface area contributed by atoms with Crippen LogP contribution in [0, 0.1) is 0 Å². The highest BCUT2D eigenvalue weighted by Gasteiger charge is 2.45. The highest BCUT2D eigenvalue weighted by atomic mass is 32.1. The van der Waals surface area contributed by atoms with E-state index in [0.29, 0.717) is 0 Å². The van der Waals surface area contributed by atoms with E-state index < -0.39 is 0 Å². The van der Waals surface area contributed by atoms with Crippen LogP contribution in [0.2, 0.25) is 0 Å². The van der Waals surface area contributed by atoms with Crippen molar-refractivity contribution in [2.24, 2.45) is 0 Å². The molecule has 0 saturated carbocycles. The molecule has 2 aliphatic carbocycles. The fourth-order valence-electron chi connectivity index (χ4n) is 15.8. The lowest BCUT2D eigenvalue weighted by Gasteiger charge is -2.34. The second-order valence-corrected chi connectivity index (χ2v) is 27.5. The molecule has 7 aromatic carbocycles. The third kappa shape index (κ3) is 15.7. The van der Waals surface area contributed by atoms with Crippen molar-refractivity contribution in [1.82, 2.24) is 8.75 Å². The summed E-state index contributed by atoms with van der Waals surface area (Å²) in [7, 11) is 0. The molecule has 2 aliphatic rings. The zero-order chi connectivity index (χ0) is 59.9. The topological polar surface area (TPSA) is 25.8 Å². The predicted molar refractivity (Wildman–Crippen MR) is 380 cm³/mol. The van der Waals surface area contributed by atoms with Crippen LogP contribution in [0.4, 0.5) is 0 Å². The third-order valence-electron chi connectivity index (χ3n) is 20.8. The minimum atomic E-state index is -0.0812. The number of aromatic nitrogens is 2. The van der Waals surface area contributed by atoms with Crippen molar-refractivity contribution in [1.29, 1.82) is 0 Å². The molecule has 10 rings (SSSR count). The van der Waals surface area contributed by atoms with Crippen LogP contribution in [0.5, 0.6) is 0 Å². The molecule has 2 nitrogen and oxygen atoms in total. The van der Waals surface area contributed by atoms with E-state index in [0.717, 1.165) is 16.6 Å². The summed E-state index contributed by atoms with van der Waals surface area (Å²) in [5, 5.41) is 0. The number of unbranched alkanes of at least 4 members (excludes halogenated alkanes) is 28. The van der Waals surface area contributed by atoms with Gasteiger partial charge >= 0.3 is 0 Å². The molecule has 87 heavy (non-hydrogen) atoms. The molecule has 0 fully saturated rings. The molecule has 0 bridgehead atoms. The molecule has 1 aromatic heterocycles. The number of hydrogen-bond acceptors (Lipinski definition) is 3. The number of hydrogen-bond donors (Lipinski definition) is 0. The van der Waals surface area contributed by atoms with Crippen molar-refractivity contribution in [3.8, 4) is 66.8 Å². The van der Waals surface area contributed by atoms with E-state index in [2.05, 4.69) is 173 Å². The average Bonchev–Trinajstić information content (AvgIpc) is 1.62. The van der Waals surface area contributed by atoms with Gasteiger partial charge in [-0.05, 0) is 128 Å². The van der Waals surface area contributed by atoms with Crippen molar-refractivity contribution in [2.45, 2.75) is 270 Å². The Bertz CT molecular complexity index is 3300. The first-order valence-electron chi connectivity index (χ1n) is 36.0. The molecule has 460 valence electrons. The van der Waals surface area contributed by atoms with Gasteiger partial charge in [-0.3, -0.25) is 0 Å². The van der Waals surface area contributed by atoms with Crippen molar-refractivity contribution >= 4 is 22.8 Å². The van der Waals surface area contributed by atoms with Gasteiger partial charge in [0.25, 0.3) is 0 Å². The van der Waals surface area contributed by atoms with Gasteiger partial charge in [0.2, 0.25) is 0 Å². The normalized spacial score (nSPS) is 13.5. The number of nitrogens with zero attached hydrogens (tertiary/aromatic N) is 2. The zero-order valence-electron chi connectivity index (χ0n) is 54.6. The molecule has 3 heteroatoms. The van der Waals surface area contributed by atoms with Gasteiger partial charge in [-0.25, -0.2) is 0 Å². The minimum Gasteiger partial charge on any atom is -0.172 e. The molecule has 0 saturated heterocycles. The molecule has 0 amide bonds. The monoisotopic (exact) mass is 1180 g/mol. The summed E-state index contributed by atoms with van der Waals surface area (Å²) in [6.07, 6.45) is 47.8. The van der Waals surface area contributed by atoms with Crippen LogP contribution in [0.1, 0.15) is 281 Å². The zero-order valence-corrected chi connectivity index (χ0v) is 55.4. The minimum absolute atomic E-state index is 0.0202. The molecular formula is C84H108N2S. The molecule has 0 N–H and O–H groups in total. The lowest BCUT2D eigenvalue weighted by atomic mass is 9.69. The van der Waals surface area contributed by atoms with Gasteiger partial charge in [0.15, 0.2) is 0 Å². The van der Waals surface area contributed by atoms with Gasteiger partial charge in [0, 0.05) is 22.0 Å². The first-order chi connectivity index (χ1) is 43.0. The summed E-state index contributed by atoms with van der Waals surface area (Å²) in [5.41, 5.74) is 24.4. The lowest BCUT2D eigenvalue weighted by Crippen LogP contribution is -2.26. The molecule has 0 atom stereocenters. The first kappa shape index (κ1) is 64.3. The van der Waals surface area contributed by atoms with Gasteiger partial charge < -0.3 is 0 Å². The molecular weight excluding hydrogens is 1070 g/mol. The highest BCUT2D eigenvalue weighted by molar-refractivity contribution is 7.00. The van der Waals surface area contributed by atoms with Crippen molar-refractivity contribution < 1.29 is 0 Å². The van der Waals surface area contributed by atoms with Gasteiger partial charge in [0.05, 0.1) is 11.7 Å².